The van der Waals surface area contributed by atoms with E-state index in [0.29, 0.717) is 6.04 Å². The third kappa shape index (κ3) is 2.87. The Hall–Kier alpha value is -0.580. The lowest BCUT2D eigenvalue weighted by Gasteiger charge is -2.44. The van der Waals surface area contributed by atoms with E-state index in [1.54, 1.807) is 7.11 Å². The molecule has 1 aromatic carbocycles. The normalized spacial score (nSPS) is 26.8. The third-order valence-electron chi connectivity index (χ3n) is 3.43. The van der Waals surface area contributed by atoms with Crippen LogP contribution in [-0.2, 0) is 9.47 Å². The van der Waals surface area contributed by atoms with Crippen molar-refractivity contribution in [3.8, 4) is 0 Å². The predicted octanol–water partition coefficient (Wildman–Crippen LogP) is 3.36. The molecule has 100 valence electrons. The number of rotatable bonds is 5. The zero-order valence-electron chi connectivity index (χ0n) is 11.1. The molecule has 1 aliphatic rings. The van der Waals surface area contributed by atoms with Gasteiger partial charge in [0.1, 0.15) is 6.10 Å². The van der Waals surface area contributed by atoms with Gasteiger partial charge in [-0.3, -0.25) is 0 Å². The first-order valence-corrected chi connectivity index (χ1v) is 7.12. The fourth-order valence-electron chi connectivity index (χ4n) is 2.40. The minimum atomic E-state index is 0.146. The number of nitrogens with one attached hydrogen (secondary N) is 1. The lowest BCUT2D eigenvalue weighted by Crippen LogP contribution is -2.56. The van der Waals surface area contributed by atoms with E-state index < -0.39 is 0 Å². The van der Waals surface area contributed by atoms with Gasteiger partial charge in [0.05, 0.1) is 12.1 Å². The summed E-state index contributed by atoms with van der Waals surface area (Å²) in [6.07, 6.45) is 1.38. The van der Waals surface area contributed by atoms with Crippen LogP contribution in [0.5, 0.6) is 0 Å². The Morgan fingerprint density at radius 2 is 2.22 bits per heavy atom. The molecule has 0 saturated heterocycles. The van der Waals surface area contributed by atoms with Gasteiger partial charge in [-0.05, 0) is 44.0 Å². The van der Waals surface area contributed by atoms with Crippen molar-refractivity contribution in [2.75, 3.05) is 19.0 Å². The molecular weight excluding hydrogens is 294 g/mol. The number of aryl methyl sites for hydroxylation is 1. The highest BCUT2D eigenvalue weighted by molar-refractivity contribution is 9.10. The van der Waals surface area contributed by atoms with E-state index in [1.807, 2.05) is 6.92 Å². The van der Waals surface area contributed by atoms with Gasteiger partial charge in [-0.15, -0.1) is 0 Å². The molecule has 3 unspecified atom stereocenters. The van der Waals surface area contributed by atoms with Crippen LogP contribution in [0, 0.1) is 6.92 Å². The molecule has 3 nitrogen and oxygen atoms in total. The predicted molar refractivity (Wildman–Crippen MR) is 77.1 cm³/mol. The minimum Gasteiger partial charge on any atom is -0.379 e. The van der Waals surface area contributed by atoms with Crippen molar-refractivity contribution in [1.82, 2.24) is 0 Å². The van der Waals surface area contributed by atoms with Crippen molar-refractivity contribution in [1.29, 1.82) is 0 Å². The number of ether oxygens (including phenoxy) is 2. The average Bonchev–Trinajstić information content (AvgIpc) is 2.31. The van der Waals surface area contributed by atoms with Crippen molar-refractivity contribution in [3.05, 3.63) is 28.2 Å². The van der Waals surface area contributed by atoms with E-state index in [2.05, 4.69) is 46.4 Å². The number of halogens is 1. The van der Waals surface area contributed by atoms with E-state index in [0.717, 1.165) is 17.5 Å². The molecule has 1 N–H and O–H groups in total. The number of hydrogen-bond acceptors (Lipinski definition) is 3. The molecule has 18 heavy (non-hydrogen) atoms. The summed E-state index contributed by atoms with van der Waals surface area (Å²) in [6, 6.07) is 6.60. The van der Waals surface area contributed by atoms with Crippen LogP contribution >= 0.6 is 15.9 Å². The molecule has 0 aromatic heterocycles. The van der Waals surface area contributed by atoms with Crippen LogP contribution in [0.15, 0.2) is 22.7 Å². The Kier molecular flexibility index (Phi) is 4.65. The van der Waals surface area contributed by atoms with Crippen LogP contribution in [0.4, 0.5) is 5.69 Å². The maximum Gasteiger partial charge on any atom is 0.103 e. The molecule has 0 bridgehead atoms. The van der Waals surface area contributed by atoms with Crippen molar-refractivity contribution >= 4 is 21.6 Å². The van der Waals surface area contributed by atoms with Crippen LogP contribution < -0.4 is 5.32 Å². The van der Waals surface area contributed by atoms with Gasteiger partial charge >= 0.3 is 0 Å². The average molecular weight is 314 g/mol. The van der Waals surface area contributed by atoms with Crippen LogP contribution in [0.2, 0.25) is 0 Å². The molecular formula is C14H20BrNO2. The van der Waals surface area contributed by atoms with Gasteiger partial charge in [-0.2, -0.15) is 0 Å². The van der Waals surface area contributed by atoms with Gasteiger partial charge in [0.15, 0.2) is 0 Å². The maximum absolute atomic E-state index is 5.63. The molecule has 1 aromatic rings. The Bertz CT molecular complexity index is 411. The minimum absolute atomic E-state index is 0.146. The smallest absolute Gasteiger partial charge is 0.103 e. The van der Waals surface area contributed by atoms with E-state index in [9.17, 15) is 0 Å². The van der Waals surface area contributed by atoms with Gasteiger partial charge in [0.2, 0.25) is 0 Å². The molecule has 2 rings (SSSR count). The largest absolute Gasteiger partial charge is 0.379 e. The van der Waals surface area contributed by atoms with E-state index >= 15 is 0 Å². The summed E-state index contributed by atoms with van der Waals surface area (Å²) in [7, 11) is 1.75. The van der Waals surface area contributed by atoms with Crippen molar-refractivity contribution < 1.29 is 9.47 Å². The summed E-state index contributed by atoms with van der Waals surface area (Å²) < 4.78 is 12.2. The third-order valence-corrected chi connectivity index (χ3v) is 3.92. The molecule has 0 spiro atoms. The molecule has 4 heteroatoms. The Balaban J connectivity index is 1.98. The Labute approximate surface area is 117 Å². The second-order valence-corrected chi connectivity index (χ2v) is 5.56. The summed E-state index contributed by atoms with van der Waals surface area (Å²) in [5.74, 6) is 0. The first kappa shape index (κ1) is 13.8. The van der Waals surface area contributed by atoms with Crippen molar-refractivity contribution in [3.63, 3.8) is 0 Å². The molecule has 1 saturated carbocycles. The fourth-order valence-corrected chi connectivity index (χ4v) is 2.88. The summed E-state index contributed by atoms with van der Waals surface area (Å²) in [5.41, 5.74) is 2.40. The summed E-state index contributed by atoms with van der Waals surface area (Å²) in [4.78, 5) is 0. The van der Waals surface area contributed by atoms with Gasteiger partial charge in [0.25, 0.3) is 0 Å². The lowest BCUT2D eigenvalue weighted by atomic mass is 9.85. The van der Waals surface area contributed by atoms with Crippen molar-refractivity contribution in [2.24, 2.45) is 0 Å². The van der Waals surface area contributed by atoms with Crippen LogP contribution in [0.1, 0.15) is 18.9 Å². The fraction of sp³-hybridized carbons (Fsp3) is 0.571. The SMILES string of the molecule is CCOC1CC(Nc2ccc(Br)cc2C)C1OC. The molecule has 1 fully saturated rings. The topological polar surface area (TPSA) is 30.5 Å². The van der Waals surface area contributed by atoms with Crippen molar-refractivity contribution in [2.45, 2.75) is 38.5 Å². The molecule has 0 radical (unpaired) electrons. The highest BCUT2D eigenvalue weighted by Gasteiger charge is 2.42. The second kappa shape index (κ2) is 6.04. The first-order chi connectivity index (χ1) is 8.65. The van der Waals surface area contributed by atoms with Gasteiger partial charge in [-0.1, -0.05) is 15.9 Å². The monoisotopic (exact) mass is 313 g/mol. The highest BCUT2D eigenvalue weighted by atomic mass is 79.9. The number of methoxy groups -OCH3 is 1. The van der Waals surface area contributed by atoms with Gasteiger partial charge in [-0.25, -0.2) is 0 Å². The standard InChI is InChI=1S/C14H20BrNO2/c1-4-18-13-8-12(14(13)17-3)16-11-6-5-10(15)7-9(11)2/h5-7,12-14,16H,4,8H2,1-3H3. The summed E-state index contributed by atoms with van der Waals surface area (Å²) in [6.45, 7) is 4.87. The quantitative estimate of drug-likeness (QED) is 0.904. The van der Waals surface area contributed by atoms with E-state index in [4.69, 9.17) is 9.47 Å². The highest BCUT2D eigenvalue weighted by Crippen LogP contribution is 2.31. The lowest BCUT2D eigenvalue weighted by molar-refractivity contribution is -0.118. The Morgan fingerprint density at radius 3 is 2.83 bits per heavy atom. The molecule has 0 heterocycles. The maximum atomic E-state index is 5.63. The second-order valence-electron chi connectivity index (χ2n) is 4.64. The first-order valence-electron chi connectivity index (χ1n) is 6.32. The number of hydrogen-bond donors (Lipinski definition) is 1. The molecule has 0 amide bonds. The summed E-state index contributed by atoms with van der Waals surface area (Å²) >= 11 is 3.48. The molecule has 3 atom stereocenters. The van der Waals surface area contributed by atoms with Gasteiger partial charge < -0.3 is 14.8 Å². The van der Waals surface area contributed by atoms with Gasteiger partial charge in [0, 0.05) is 23.9 Å². The van der Waals surface area contributed by atoms with Crippen LogP contribution in [0.25, 0.3) is 0 Å². The van der Waals surface area contributed by atoms with Crippen LogP contribution in [0.3, 0.4) is 0 Å². The Morgan fingerprint density at radius 1 is 1.44 bits per heavy atom. The zero-order valence-corrected chi connectivity index (χ0v) is 12.7. The summed E-state index contributed by atoms with van der Waals surface area (Å²) in [5, 5.41) is 3.54. The zero-order chi connectivity index (χ0) is 13.1. The van der Waals surface area contributed by atoms with E-state index in [-0.39, 0.29) is 12.2 Å². The molecule has 1 aliphatic carbocycles. The number of anilines is 1. The van der Waals surface area contributed by atoms with E-state index in [1.165, 1.54) is 11.3 Å². The van der Waals surface area contributed by atoms with Crippen LogP contribution in [-0.4, -0.2) is 32.0 Å². The molecule has 0 aliphatic heterocycles. The number of benzene rings is 1.